The lowest BCUT2D eigenvalue weighted by Crippen LogP contribution is -2.29. The molecule has 8 nitrogen and oxygen atoms in total. The van der Waals surface area contributed by atoms with Crippen LogP contribution in [-0.2, 0) is 14.3 Å². The minimum Gasteiger partial charge on any atom is -0.508 e. The molecule has 1 saturated heterocycles. The molecule has 0 aliphatic carbocycles. The Bertz CT molecular complexity index is 1400. The summed E-state index contributed by atoms with van der Waals surface area (Å²) in [5, 5.41) is 21.4. The Kier molecular flexibility index (Phi) is 7.50. The Morgan fingerprint density at radius 2 is 1.76 bits per heavy atom. The zero-order valence-corrected chi connectivity index (χ0v) is 20.9. The van der Waals surface area contributed by atoms with Gasteiger partial charge in [0.15, 0.2) is 0 Å². The molecule has 190 valence electrons. The number of aromatic hydroxyl groups is 1. The summed E-state index contributed by atoms with van der Waals surface area (Å²) in [5.74, 6) is -2.52. The Balaban J connectivity index is 1.89. The van der Waals surface area contributed by atoms with E-state index >= 15 is 0 Å². The van der Waals surface area contributed by atoms with Gasteiger partial charge in [-0.15, -0.1) is 0 Å². The maximum Gasteiger partial charge on any atom is 0.338 e. The van der Waals surface area contributed by atoms with Crippen LogP contribution in [0.1, 0.15) is 40.9 Å². The lowest BCUT2D eigenvalue weighted by atomic mass is 9.95. The first-order valence-electron chi connectivity index (χ1n) is 11.5. The predicted molar refractivity (Wildman–Crippen MR) is 138 cm³/mol. The lowest BCUT2D eigenvalue weighted by Gasteiger charge is -2.26. The standard InChI is InChI=1S/C28H24ClNO7/c1-3-13-37-28(35)18-5-4-6-19(14-18)30-24(16-7-10-20(31)11-8-16)23(26(33)27(30)34)25(32)17-9-12-21(29)22(15-17)36-2/h4-12,14-15,24,31-32H,3,13H2,1-2H3/b25-23+. The number of carbonyl (C=O) groups is 3. The number of rotatable bonds is 7. The summed E-state index contributed by atoms with van der Waals surface area (Å²) < 4.78 is 10.4. The van der Waals surface area contributed by atoms with Gasteiger partial charge >= 0.3 is 5.97 Å². The smallest absolute Gasteiger partial charge is 0.338 e. The number of methoxy groups -OCH3 is 1. The maximum absolute atomic E-state index is 13.4. The second-order valence-electron chi connectivity index (χ2n) is 8.30. The van der Waals surface area contributed by atoms with Crippen molar-refractivity contribution in [2.45, 2.75) is 19.4 Å². The highest BCUT2D eigenvalue weighted by Gasteiger charge is 2.47. The molecule has 0 spiro atoms. The molecule has 0 aromatic heterocycles. The number of halogens is 1. The normalized spacial score (nSPS) is 16.6. The number of carbonyl (C=O) groups excluding carboxylic acids is 3. The van der Waals surface area contributed by atoms with Crippen LogP contribution in [-0.4, -0.2) is 41.6 Å². The molecular formula is C28H24ClNO7. The van der Waals surface area contributed by atoms with Crippen LogP contribution in [0.4, 0.5) is 5.69 Å². The minimum atomic E-state index is -1.05. The predicted octanol–water partition coefficient (Wildman–Crippen LogP) is 5.25. The molecule has 1 amide bonds. The molecular weight excluding hydrogens is 498 g/mol. The topological polar surface area (TPSA) is 113 Å². The number of hydrogen-bond donors (Lipinski definition) is 2. The molecule has 1 heterocycles. The van der Waals surface area contributed by atoms with Gasteiger partial charge < -0.3 is 19.7 Å². The van der Waals surface area contributed by atoms with E-state index in [9.17, 15) is 24.6 Å². The summed E-state index contributed by atoms with van der Waals surface area (Å²) in [6, 6.07) is 15.5. The molecule has 1 aliphatic heterocycles. The molecule has 37 heavy (non-hydrogen) atoms. The van der Waals surface area contributed by atoms with Crippen molar-refractivity contribution in [2.75, 3.05) is 18.6 Å². The summed E-state index contributed by atoms with van der Waals surface area (Å²) in [6.45, 7) is 2.11. The second kappa shape index (κ2) is 10.8. The monoisotopic (exact) mass is 521 g/mol. The highest BCUT2D eigenvalue weighted by molar-refractivity contribution is 6.51. The van der Waals surface area contributed by atoms with Gasteiger partial charge in [-0.05, 0) is 60.5 Å². The summed E-state index contributed by atoms with van der Waals surface area (Å²) in [5.41, 5.74) is 0.982. The number of esters is 1. The van der Waals surface area contributed by atoms with Crippen LogP contribution in [0.15, 0.2) is 72.3 Å². The number of phenols is 1. The van der Waals surface area contributed by atoms with Gasteiger partial charge in [0, 0.05) is 11.3 Å². The highest BCUT2D eigenvalue weighted by atomic mass is 35.5. The van der Waals surface area contributed by atoms with Crippen molar-refractivity contribution in [2.24, 2.45) is 0 Å². The van der Waals surface area contributed by atoms with E-state index < -0.39 is 29.5 Å². The molecule has 0 bridgehead atoms. The van der Waals surface area contributed by atoms with Crippen molar-refractivity contribution in [1.82, 2.24) is 0 Å². The fourth-order valence-electron chi connectivity index (χ4n) is 4.09. The van der Waals surface area contributed by atoms with Gasteiger partial charge in [0.1, 0.15) is 17.3 Å². The number of anilines is 1. The molecule has 1 aliphatic rings. The van der Waals surface area contributed by atoms with Crippen molar-refractivity contribution >= 4 is 40.7 Å². The third-order valence-corrected chi connectivity index (χ3v) is 6.19. The third kappa shape index (κ3) is 5.01. The number of Topliss-reactive ketones (excluding diaryl/α,β-unsaturated/α-hetero) is 1. The van der Waals surface area contributed by atoms with Gasteiger partial charge in [0.05, 0.1) is 35.9 Å². The Morgan fingerprint density at radius 3 is 2.43 bits per heavy atom. The number of aliphatic hydroxyl groups is 1. The van der Waals surface area contributed by atoms with Crippen molar-refractivity contribution in [3.63, 3.8) is 0 Å². The third-order valence-electron chi connectivity index (χ3n) is 5.88. The number of ketones is 1. The van der Waals surface area contributed by atoms with Crippen LogP contribution in [0, 0.1) is 0 Å². The van der Waals surface area contributed by atoms with Crippen LogP contribution in [0.3, 0.4) is 0 Å². The number of amides is 1. The molecule has 3 aromatic carbocycles. The highest BCUT2D eigenvalue weighted by Crippen LogP contribution is 2.43. The van der Waals surface area contributed by atoms with E-state index in [-0.39, 0.29) is 40.5 Å². The Hall–Kier alpha value is -4.30. The van der Waals surface area contributed by atoms with Crippen LogP contribution in [0.25, 0.3) is 5.76 Å². The first kappa shape index (κ1) is 25.8. The van der Waals surface area contributed by atoms with Gasteiger partial charge in [-0.2, -0.15) is 0 Å². The summed E-state index contributed by atoms with van der Waals surface area (Å²) >= 11 is 6.11. The first-order chi connectivity index (χ1) is 17.8. The lowest BCUT2D eigenvalue weighted by molar-refractivity contribution is -0.132. The number of aliphatic hydroxyl groups excluding tert-OH is 1. The van der Waals surface area contributed by atoms with E-state index in [4.69, 9.17) is 21.1 Å². The molecule has 0 radical (unpaired) electrons. The average Bonchev–Trinajstić information content (AvgIpc) is 3.17. The number of benzene rings is 3. The molecule has 4 rings (SSSR count). The molecule has 2 N–H and O–H groups in total. The van der Waals surface area contributed by atoms with Gasteiger partial charge in [0.25, 0.3) is 11.7 Å². The van der Waals surface area contributed by atoms with E-state index in [0.717, 1.165) is 0 Å². The van der Waals surface area contributed by atoms with Gasteiger partial charge in [-0.1, -0.05) is 36.7 Å². The first-order valence-corrected chi connectivity index (χ1v) is 11.9. The Morgan fingerprint density at radius 1 is 1.03 bits per heavy atom. The van der Waals surface area contributed by atoms with Gasteiger partial charge in [-0.25, -0.2) is 4.79 Å². The number of ether oxygens (including phenoxy) is 2. The quantitative estimate of drug-likeness (QED) is 0.189. The molecule has 1 unspecified atom stereocenters. The van der Waals surface area contributed by atoms with Gasteiger partial charge in [-0.3, -0.25) is 14.5 Å². The molecule has 9 heteroatoms. The van der Waals surface area contributed by atoms with Crippen LogP contribution in [0.5, 0.6) is 11.5 Å². The fraction of sp³-hybridized carbons (Fsp3) is 0.179. The van der Waals surface area contributed by atoms with E-state index in [1.165, 1.54) is 48.4 Å². The van der Waals surface area contributed by atoms with Crippen molar-refractivity contribution in [3.8, 4) is 11.5 Å². The van der Waals surface area contributed by atoms with E-state index in [1.54, 1.807) is 30.3 Å². The number of nitrogens with zero attached hydrogens (tertiary/aromatic N) is 1. The van der Waals surface area contributed by atoms with Crippen molar-refractivity contribution in [1.29, 1.82) is 0 Å². The zero-order valence-electron chi connectivity index (χ0n) is 20.1. The van der Waals surface area contributed by atoms with Crippen molar-refractivity contribution in [3.05, 3.63) is 94.0 Å². The van der Waals surface area contributed by atoms with E-state index in [2.05, 4.69) is 0 Å². The van der Waals surface area contributed by atoms with Crippen LogP contribution in [0.2, 0.25) is 5.02 Å². The number of phenolic OH excluding ortho intramolecular Hbond substituents is 1. The van der Waals surface area contributed by atoms with Crippen molar-refractivity contribution < 1.29 is 34.1 Å². The maximum atomic E-state index is 13.4. The molecule has 3 aromatic rings. The summed E-state index contributed by atoms with van der Waals surface area (Å²) in [6.07, 6.45) is 0.649. The Labute approximate surface area is 218 Å². The molecule has 1 atom stereocenters. The summed E-state index contributed by atoms with van der Waals surface area (Å²) in [7, 11) is 1.42. The van der Waals surface area contributed by atoms with Crippen LogP contribution < -0.4 is 9.64 Å². The number of hydrogen-bond acceptors (Lipinski definition) is 7. The van der Waals surface area contributed by atoms with E-state index in [0.29, 0.717) is 17.0 Å². The summed E-state index contributed by atoms with van der Waals surface area (Å²) in [4.78, 5) is 40.4. The SMILES string of the molecule is CCCOC(=O)c1cccc(N2C(=O)C(=O)/C(=C(/O)c3ccc(Cl)c(OC)c3)C2c2ccc(O)cc2)c1. The van der Waals surface area contributed by atoms with Gasteiger partial charge in [0.2, 0.25) is 0 Å². The van der Waals surface area contributed by atoms with Crippen LogP contribution >= 0.6 is 11.6 Å². The van der Waals surface area contributed by atoms with E-state index in [1.807, 2.05) is 6.92 Å². The molecule has 1 fully saturated rings. The molecule has 0 saturated carbocycles. The fourth-order valence-corrected chi connectivity index (χ4v) is 4.29. The zero-order chi connectivity index (χ0) is 26.7. The largest absolute Gasteiger partial charge is 0.508 e. The second-order valence-corrected chi connectivity index (χ2v) is 8.70. The average molecular weight is 522 g/mol. The minimum absolute atomic E-state index is 0.0104.